The molecule has 0 fully saturated rings. The van der Waals surface area contributed by atoms with E-state index in [1.807, 2.05) is 30.0 Å². The minimum atomic E-state index is -0.444. The number of hydrogen-bond acceptors (Lipinski definition) is 2. The van der Waals surface area contributed by atoms with Gasteiger partial charge < -0.3 is 9.64 Å². The van der Waals surface area contributed by atoms with Crippen LogP contribution in [-0.4, -0.2) is 12.0 Å². The van der Waals surface area contributed by atoms with Crippen LogP contribution >= 0.6 is 0 Å². The van der Waals surface area contributed by atoms with E-state index in [-0.39, 0.29) is 5.91 Å². The number of amides is 1. The largest absolute Gasteiger partial charge is 0.479 e. The van der Waals surface area contributed by atoms with E-state index in [2.05, 4.69) is 32.0 Å². The third-order valence-electron chi connectivity index (χ3n) is 4.16. The summed E-state index contributed by atoms with van der Waals surface area (Å²) >= 11 is 0. The molecule has 3 rings (SSSR count). The smallest absolute Gasteiger partial charge is 0.268 e. The quantitative estimate of drug-likeness (QED) is 0.840. The van der Waals surface area contributed by atoms with Crippen LogP contribution in [0.15, 0.2) is 36.4 Å². The molecule has 0 N–H and O–H groups in total. The SMILES string of the molecule is Cc1ccc(C)c(CN2C(=O)[C@@H](C)Oc3ccc(C)cc32)c1. The Hall–Kier alpha value is -2.29. The summed E-state index contributed by atoms with van der Waals surface area (Å²) < 4.78 is 5.73. The zero-order valence-electron chi connectivity index (χ0n) is 13.5. The molecule has 1 amide bonds. The summed E-state index contributed by atoms with van der Waals surface area (Å²) in [4.78, 5) is 14.4. The van der Waals surface area contributed by atoms with Crippen molar-refractivity contribution in [3.05, 3.63) is 58.7 Å². The molecule has 1 aliphatic heterocycles. The molecular weight excluding hydrogens is 274 g/mol. The average Bonchev–Trinajstić information content (AvgIpc) is 2.48. The standard InChI is InChI=1S/C19H21NO2/c1-12-5-7-14(3)16(9-12)11-20-17-10-13(2)6-8-18(17)22-15(4)19(20)21/h5-10,15H,11H2,1-4H3/t15-/m1/s1. The number of benzene rings is 2. The van der Waals surface area contributed by atoms with Crippen molar-refractivity contribution in [1.82, 2.24) is 0 Å². The molecule has 2 aromatic rings. The van der Waals surface area contributed by atoms with Gasteiger partial charge in [0.2, 0.25) is 0 Å². The highest BCUT2D eigenvalue weighted by Crippen LogP contribution is 2.36. The van der Waals surface area contributed by atoms with Crippen molar-refractivity contribution in [3.63, 3.8) is 0 Å². The lowest BCUT2D eigenvalue weighted by Gasteiger charge is -2.33. The second-order valence-electron chi connectivity index (χ2n) is 6.09. The third kappa shape index (κ3) is 2.59. The summed E-state index contributed by atoms with van der Waals surface area (Å²) in [5.41, 5.74) is 5.57. The first-order valence-corrected chi connectivity index (χ1v) is 7.60. The summed E-state index contributed by atoms with van der Waals surface area (Å²) in [6, 6.07) is 12.3. The normalized spacial score (nSPS) is 17.2. The van der Waals surface area contributed by atoms with Gasteiger partial charge in [-0.25, -0.2) is 0 Å². The Bertz CT molecular complexity index is 736. The molecule has 0 saturated carbocycles. The Morgan fingerprint density at radius 3 is 2.50 bits per heavy atom. The van der Waals surface area contributed by atoms with Crippen LogP contribution < -0.4 is 9.64 Å². The number of fused-ring (bicyclic) bond motifs is 1. The Morgan fingerprint density at radius 1 is 1.05 bits per heavy atom. The molecule has 22 heavy (non-hydrogen) atoms. The fourth-order valence-corrected chi connectivity index (χ4v) is 2.82. The number of nitrogens with zero attached hydrogens (tertiary/aromatic N) is 1. The molecule has 1 heterocycles. The van der Waals surface area contributed by atoms with Gasteiger partial charge in [0.25, 0.3) is 5.91 Å². The maximum absolute atomic E-state index is 12.6. The Labute approximate surface area is 131 Å². The van der Waals surface area contributed by atoms with Crippen LogP contribution in [0.1, 0.15) is 29.2 Å². The van der Waals surface area contributed by atoms with Gasteiger partial charge in [0.1, 0.15) is 5.75 Å². The Morgan fingerprint density at radius 2 is 1.73 bits per heavy atom. The van der Waals surface area contributed by atoms with Gasteiger partial charge in [-0.15, -0.1) is 0 Å². The van der Waals surface area contributed by atoms with Crippen molar-refractivity contribution in [2.45, 2.75) is 40.3 Å². The van der Waals surface area contributed by atoms with Gasteiger partial charge in [-0.05, 0) is 56.5 Å². The molecule has 0 radical (unpaired) electrons. The van der Waals surface area contributed by atoms with E-state index < -0.39 is 6.10 Å². The lowest BCUT2D eigenvalue weighted by Crippen LogP contribution is -2.44. The average molecular weight is 295 g/mol. The number of carbonyl (C=O) groups excluding carboxylic acids is 1. The molecule has 2 aromatic carbocycles. The van der Waals surface area contributed by atoms with Gasteiger partial charge >= 0.3 is 0 Å². The van der Waals surface area contributed by atoms with E-state index >= 15 is 0 Å². The summed E-state index contributed by atoms with van der Waals surface area (Å²) in [6.45, 7) is 8.57. The molecule has 0 aromatic heterocycles. The molecule has 0 saturated heterocycles. The van der Waals surface area contributed by atoms with E-state index in [4.69, 9.17) is 4.74 Å². The maximum Gasteiger partial charge on any atom is 0.268 e. The van der Waals surface area contributed by atoms with Crippen molar-refractivity contribution in [3.8, 4) is 5.75 Å². The molecule has 1 aliphatic rings. The minimum absolute atomic E-state index is 0.0130. The molecule has 0 bridgehead atoms. The van der Waals surface area contributed by atoms with Gasteiger partial charge in [-0.1, -0.05) is 29.8 Å². The first-order valence-electron chi connectivity index (χ1n) is 7.60. The van der Waals surface area contributed by atoms with Gasteiger partial charge in [0.05, 0.1) is 12.2 Å². The minimum Gasteiger partial charge on any atom is -0.479 e. The van der Waals surface area contributed by atoms with Crippen LogP contribution in [0.25, 0.3) is 0 Å². The number of rotatable bonds is 2. The zero-order valence-corrected chi connectivity index (χ0v) is 13.5. The topological polar surface area (TPSA) is 29.5 Å². The number of aryl methyl sites for hydroxylation is 3. The van der Waals surface area contributed by atoms with Gasteiger partial charge in [-0.2, -0.15) is 0 Å². The first kappa shape index (κ1) is 14.6. The van der Waals surface area contributed by atoms with E-state index in [9.17, 15) is 4.79 Å². The lowest BCUT2D eigenvalue weighted by atomic mass is 10.0. The fourth-order valence-electron chi connectivity index (χ4n) is 2.82. The zero-order chi connectivity index (χ0) is 15.9. The van der Waals surface area contributed by atoms with E-state index in [0.717, 1.165) is 17.0 Å². The van der Waals surface area contributed by atoms with Crippen LogP contribution in [0.4, 0.5) is 5.69 Å². The lowest BCUT2D eigenvalue weighted by molar-refractivity contribution is -0.125. The number of carbonyl (C=O) groups is 1. The van der Waals surface area contributed by atoms with E-state index in [1.54, 1.807) is 6.92 Å². The van der Waals surface area contributed by atoms with Crippen LogP contribution in [0, 0.1) is 20.8 Å². The molecule has 0 aliphatic carbocycles. The van der Waals surface area contributed by atoms with E-state index in [1.165, 1.54) is 16.7 Å². The summed E-state index contributed by atoms with van der Waals surface area (Å²) in [7, 11) is 0. The van der Waals surface area contributed by atoms with Crippen LogP contribution in [0.5, 0.6) is 5.75 Å². The van der Waals surface area contributed by atoms with Crippen molar-refractivity contribution in [2.24, 2.45) is 0 Å². The Kier molecular flexibility index (Phi) is 3.65. The molecular formula is C19H21NO2. The highest BCUT2D eigenvalue weighted by atomic mass is 16.5. The second-order valence-corrected chi connectivity index (χ2v) is 6.09. The van der Waals surface area contributed by atoms with Gasteiger partial charge in [0.15, 0.2) is 6.10 Å². The number of anilines is 1. The van der Waals surface area contributed by atoms with Crippen molar-refractivity contribution in [1.29, 1.82) is 0 Å². The van der Waals surface area contributed by atoms with Crippen LogP contribution in [0.2, 0.25) is 0 Å². The summed E-state index contributed by atoms with van der Waals surface area (Å²) in [5, 5.41) is 0. The van der Waals surface area contributed by atoms with Crippen molar-refractivity contribution < 1.29 is 9.53 Å². The molecule has 3 heteroatoms. The molecule has 1 atom stereocenters. The van der Waals surface area contributed by atoms with E-state index in [0.29, 0.717) is 6.54 Å². The predicted molar refractivity (Wildman–Crippen MR) is 88.4 cm³/mol. The molecule has 0 unspecified atom stereocenters. The molecule has 0 spiro atoms. The fraction of sp³-hybridized carbons (Fsp3) is 0.316. The monoisotopic (exact) mass is 295 g/mol. The van der Waals surface area contributed by atoms with Gasteiger partial charge in [-0.3, -0.25) is 4.79 Å². The number of hydrogen-bond donors (Lipinski definition) is 0. The van der Waals surface area contributed by atoms with Crippen molar-refractivity contribution >= 4 is 11.6 Å². The first-order chi connectivity index (χ1) is 10.5. The second kappa shape index (κ2) is 5.48. The molecule has 114 valence electrons. The van der Waals surface area contributed by atoms with Crippen LogP contribution in [-0.2, 0) is 11.3 Å². The predicted octanol–water partition coefficient (Wildman–Crippen LogP) is 3.93. The van der Waals surface area contributed by atoms with Crippen LogP contribution in [0.3, 0.4) is 0 Å². The third-order valence-corrected chi connectivity index (χ3v) is 4.16. The Balaban J connectivity index is 2.03. The highest BCUT2D eigenvalue weighted by Gasteiger charge is 2.31. The summed E-state index contributed by atoms with van der Waals surface area (Å²) in [6.07, 6.45) is -0.444. The number of ether oxygens (including phenoxy) is 1. The van der Waals surface area contributed by atoms with Gasteiger partial charge in [0, 0.05) is 0 Å². The van der Waals surface area contributed by atoms with Crippen molar-refractivity contribution in [2.75, 3.05) is 4.90 Å². The molecule has 3 nitrogen and oxygen atoms in total. The highest BCUT2D eigenvalue weighted by molar-refractivity contribution is 5.99. The maximum atomic E-state index is 12.6. The summed E-state index contributed by atoms with van der Waals surface area (Å²) in [5.74, 6) is 0.794.